The Morgan fingerprint density at radius 2 is 1.21 bits per heavy atom. The van der Waals surface area contributed by atoms with E-state index in [0.717, 1.165) is 36.1 Å². The quantitative estimate of drug-likeness (QED) is 0.110. The average Bonchev–Trinajstić information content (AvgIpc) is 2.95. The van der Waals surface area contributed by atoms with Crippen LogP contribution in [0.4, 0.5) is 4.79 Å². The van der Waals surface area contributed by atoms with Crippen molar-refractivity contribution in [3.63, 3.8) is 0 Å². The number of carboxylic acid groups (broad SMARTS) is 1. The third-order valence-electron chi connectivity index (χ3n) is 5.66. The molecule has 3 aromatic rings. The van der Waals surface area contributed by atoms with Gasteiger partial charge in [-0.25, -0.2) is 4.79 Å². The zero-order chi connectivity index (χ0) is 27.1. The normalized spacial score (nSPS) is 11.3. The summed E-state index contributed by atoms with van der Waals surface area (Å²) in [6.07, 6.45) is 2.43. The molecule has 0 aliphatic heterocycles. The van der Waals surface area contributed by atoms with Gasteiger partial charge in [-0.15, -0.1) is 23.5 Å². The summed E-state index contributed by atoms with van der Waals surface area (Å²) >= 11 is 2.67. The highest BCUT2D eigenvalue weighted by Gasteiger charge is 2.44. The van der Waals surface area contributed by atoms with Gasteiger partial charge in [0, 0.05) is 0 Å². The Hall–Kier alpha value is -2.80. The molecule has 0 spiro atoms. The summed E-state index contributed by atoms with van der Waals surface area (Å²) < 4.78 is 17.0. The maximum atomic E-state index is 13.2. The van der Waals surface area contributed by atoms with Crippen LogP contribution in [0.1, 0.15) is 29.5 Å². The van der Waals surface area contributed by atoms with Crippen molar-refractivity contribution in [2.45, 2.75) is 36.2 Å². The standard InChI is InChI=1S/C29H32NO5PS2/c31-27(32)22-30(28(33)35-23-26-16-8-3-9-17-26)29(36-34,37-20-10-18-24-12-4-1-5-13-24)38-21-11-19-25-14-6-2-7-15-25/h1-9,12-17H,10-11,18-23H2,(H,31,32). The maximum absolute atomic E-state index is 13.2. The fourth-order valence-corrected chi connectivity index (χ4v) is 7.52. The molecule has 200 valence electrons. The van der Waals surface area contributed by atoms with E-state index in [1.54, 1.807) is 0 Å². The van der Waals surface area contributed by atoms with Gasteiger partial charge in [-0.05, 0) is 53.9 Å². The smallest absolute Gasteiger partial charge is 0.413 e. The number of ether oxygens (including phenoxy) is 1. The largest absolute Gasteiger partial charge is 0.480 e. The summed E-state index contributed by atoms with van der Waals surface area (Å²) in [5.41, 5.74) is 3.17. The molecule has 0 saturated carbocycles. The number of carboxylic acids is 1. The predicted octanol–water partition coefficient (Wildman–Crippen LogP) is 7.34. The molecule has 0 heterocycles. The van der Waals surface area contributed by atoms with Crippen LogP contribution in [-0.2, 0) is 33.5 Å². The van der Waals surface area contributed by atoms with Crippen molar-refractivity contribution in [1.82, 2.24) is 4.90 Å². The molecule has 0 saturated heterocycles. The summed E-state index contributed by atoms with van der Waals surface area (Å²) in [6.45, 7) is -0.612. The molecule has 0 atom stereocenters. The van der Waals surface area contributed by atoms with Crippen molar-refractivity contribution < 1.29 is 24.0 Å². The summed E-state index contributed by atoms with van der Waals surface area (Å²) in [4.78, 5) is 26.1. The minimum Gasteiger partial charge on any atom is -0.480 e. The van der Waals surface area contributed by atoms with Crippen LogP contribution in [0.15, 0.2) is 91.0 Å². The molecule has 6 nitrogen and oxygen atoms in total. The van der Waals surface area contributed by atoms with Crippen LogP contribution in [0.3, 0.4) is 0 Å². The fourth-order valence-electron chi connectivity index (χ4n) is 3.76. The molecule has 0 radical (unpaired) electrons. The van der Waals surface area contributed by atoms with Crippen molar-refractivity contribution in [3.05, 3.63) is 108 Å². The summed E-state index contributed by atoms with van der Waals surface area (Å²) in [6, 6.07) is 29.3. The third kappa shape index (κ3) is 9.82. The fraction of sp³-hybridized carbons (Fsp3) is 0.310. The number of hydrogen-bond donors (Lipinski definition) is 1. The number of rotatable bonds is 16. The van der Waals surface area contributed by atoms with Crippen molar-refractivity contribution in [1.29, 1.82) is 0 Å². The van der Waals surface area contributed by atoms with E-state index in [1.165, 1.54) is 34.7 Å². The van der Waals surface area contributed by atoms with E-state index < -0.39 is 22.6 Å². The highest BCUT2D eigenvalue weighted by atomic mass is 32.2. The second-order valence-corrected chi connectivity index (χ2v) is 12.8. The van der Waals surface area contributed by atoms with E-state index in [-0.39, 0.29) is 15.1 Å². The molecule has 3 rings (SSSR count). The Labute approximate surface area is 234 Å². The lowest BCUT2D eigenvalue weighted by atomic mass is 10.1. The number of hydrogen-bond acceptors (Lipinski definition) is 6. The number of carbonyl (C=O) groups is 2. The Morgan fingerprint density at radius 3 is 1.63 bits per heavy atom. The molecule has 0 unspecified atom stereocenters. The Balaban J connectivity index is 1.72. The van der Waals surface area contributed by atoms with Crippen LogP contribution in [0.5, 0.6) is 0 Å². The van der Waals surface area contributed by atoms with Crippen LogP contribution < -0.4 is 0 Å². The zero-order valence-corrected chi connectivity index (χ0v) is 23.6. The van der Waals surface area contributed by atoms with Crippen molar-refractivity contribution >= 4 is 44.0 Å². The molecule has 0 aliphatic rings. The van der Waals surface area contributed by atoms with E-state index in [2.05, 4.69) is 24.3 Å². The van der Waals surface area contributed by atoms with Crippen LogP contribution in [0.25, 0.3) is 0 Å². The number of carbonyl (C=O) groups excluding carboxylic acids is 1. The molecule has 38 heavy (non-hydrogen) atoms. The number of amides is 1. The molecule has 1 amide bonds. The lowest BCUT2D eigenvalue weighted by molar-refractivity contribution is -0.138. The number of nitrogens with zero attached hydrogens (tertiary/aromatic N) is 1. The lowest BCUT2D eigenvalue weighted by Crippen LogP contribution is -2.47. The first-order valence-corrected chi connectivity index (χ1v) is 15.2. The van der Waals surface area contributed by atoms with E-state index in [0.29, 0.717) is 11.5 Å². The Bertz CT molecular complexity index is 1090. The summed E-state index contributed by atoms with van der Waals surface area (Å²) in [7, 11) is -0.348. The topological polar surface area (TPSA) is 83.9 Å². The molecular weight excluding hydrogens is 537 g/mol. The minimum atomic E-state index is -1.32. The average molecular weight is 570 g/mol. The van der Waals surface area contributed by atoms with Gasteiger partial charge < -0.3 is 9.84 Å². The first-order valence-electron chi connectivity index (χ1n) is 12.4. The minimum absolute atomic E-state index is 0.00103. The van der Waals surface area contributed by atoms with Gasteiger partial charge in [0.05, 0.1) is 0 Å². The summed E-state index contributed by atoms with van der Waals surface area (Å²) in [5, 5.41) is 9.64. The Morgan fingerprint density at radius 1 is 0.763 bits per heavy atom. The van der Waals surface area contributed by atoms with E-state index in [1.807, 2.05) is 66.7 Å². The van der Waals surface area contributed by atoms with Gasteiger partial charge in [-0.1, -0.05) is 91.0 Å². The monoisotopic (exact) mass is 569 g/mol. The van der Waals surface area contributed by atoms with Crippen molar-refractivity contribution in [2.24, 2.45) is 0 Å². The highest BCUT2D eigenvalue weighted by molar-refractivity contribution is 8.23. The van der Waals surface area contributed by atoms with Gasteiger partial charge in [-0.3, -0.25) is 14.3 Å². The van der Waals surface area contributed by atoms with E-state index in [4.69, 9.17) is 4.74 Å². The molecule has 0 aliphatic carbocycles. The molecule has 0 fully saturated rings. The van der Waals surface area contributed by atoms with Gasteiger partial charge in [0.25, 0.3) is 0 Å². The second kappa shape index (κ2) is 16.2. The molecule has 9 heteroatoms. The molecular formula is C29H32NO5PS2. The first kappa shape index (κ1) is 29.8. The molecule has 3 aromatic carbocycles. The highest BCUT2D eigenvalue weighted by Crippen LogP contribution is 2.50. The van der Waals surface area contributed by atoms with Crippen LogP contribution in [0, 0.1) is 0 Å². The number of thioether (sulfide) groups is 2. The summed E-state index contributed by atoms with van der Waals surface area (Å²) in [5.74, 6) is -0.0000319. The van der Waals surface area contributed by atoms with Crippen molar-refractivity contribution in [3.8, 4) is 0 Å². The predicted molar refractivity (Wildman–Crippen MR) is 156 cm³/mol. The van der Waals surface area contributed by atoms with Gasteiger partial charge in [0.15, 0.2) is 0 Å². The number of benzene rings is 3. The van der Waals surface area contributed by atoms with Crippen LogP contribution in [0.2, 0.25) is 0 Å². The molecule has 1 N–H and O–H groups in total. The molecule has 0 bridgehead atoms. The van der Waals surface area contributed by atoms with E-state index in [9.17, 15) is 19.3 Å². The zero-order valence-electron chi connectivity index (χ0n) is 21.1. The van der Waals surface area contributed by atoms with E-state index >= 15 is 0 Å². The first-order chi connectivity index (χ1) is 18.5. The number of aryl methyl sites for hydroxylation is 2. The van der Waals surface area contributed by atoms with Crippen molar-refractivity contribution in [2.75, 3.05) is 18.1 Å². The lowest BCUT2D eigenvalue weighted by Gasteiger charge is -2.36. The maximum Gasteiger partial charge on any atom is 0.413 e. The second-order valence-electron chi connectivity index (χ2n) is 8.54. The van der Waals surface area contributed by atoms with Gasteiger partial charge in [0.2, 0.25) is 12.4 Å². The van der Waals surface area contributed by atoms with Gasteiger partial charge in [0.1, 0.15) is 13.2 Å². The van der Waals surface area contributed by atoms with Gasteiger partial charge >= 0.3 is 12.1 Å². The van der Waals surface area contributed by atoms with Crippen LogP contribution >= 0.6 is 32.0 Å². The van der Waals surface area contributed by atoms with Crippen LogP contribution in [-0.4, -0.2) is 44.1 Å². The third-order valence-corrected chi connectivity index (χ3v) is 10.2. The molecule has 0 aromatic heterocycles. The SMILES string of the molecule is O=PC(SCCCc1ccccc1)(SCCCc1ccccc1)N(CC(=O)O)C(=O)OCc1ccccc1. The van der Waals surface area contributed by atoms with Gasteiger partial charge in [-0.2, -0.15) is 0 Å². The Kier molecular flexibility index (Phi) is 12.7. The number of aliphatic carboxylic acids is 1.